The molecule has 7 heteroatoms. The Hall–Kier alpha value is -3.79. The van der Waals surface area contributed by atoms with E-state index in [2.05, 4.69) is 11.2 Å². The summed E-state index contributed by atoms with van der Waals surface area (Å²) in [4.78, 5) is 37.8. The highest BCUT2D eigenvalue weighted by Gasteiger charge is 2.31. The van der Waals surface area contributed by atoms with Crippen LogP contribution in [-0.4, -0.2) is 53.7 Å². The highest BCUT2D eigenvalue weighted by atomic mass is 16.5. The normalized spacial score (nSPS) is 12.9. The van der Waals surface area contributed by atoms with Gasteiger partial charge in [0.25, 0.3) is 0 Å². The first-order valence-electron chi connectivity index (χ1n) is 10.9. The Balaban J connectivity index is 1.70. The second kappa shape index (κ2) is 10.7. The third-order valence-electron chi connectivity index (χ3n) is 5.56. The van der Waals surface area contributed by atoms with Gasteiger partial charge in [-0.05, 0) is 34.6 Å². The van der Waals surface area contributed by atoms with Gasteiger partial charge in [-0.3, -0.25) is 9.59 Å². The van der Waals surface area contributed by atoms with E-state index in [1.165, 1.54) is 0 Å². The van der Waals surface area contributed by atoms with Crippen molar-refractivity contribution in [1.29, 1.82) is 0 Å². The molecule has 0 heterocycles. The molecule has 0 unspecified atom stereocenters. The predicted molar refractivity (Wildman–Crippen MR) is 124 cm³/mol. The minimum atomic E-state index is -1.18. The zero-order valence-electron chi connectivity index (χ0n) is 18.8. The van der Waals surface area contributed by atoms with Crippen molar-refractivity contribution in [2.75, 3.05) is 19.7 Å². The number of ether oxygens (including phenoxy) is 1. The van der Waals surface area contributed by atoms with Crippen LogP contribution in [0.4, 0.5) is 4.79 Å². The summed E-state index contributed by atoms with van der Waals surface area (Å²) in [5.74, 6) is 0.543. The summed E-state index contributed by atoms with van der Waals surface area (Å²) in [6.07, 6.45) is 4.89. The topological polar surface area (TPSA) is 95.9 Å². The highest BCUT2D eigenvalue weighted by molar-refractivity contribution is 5.88. The van der Waals surface area contributed by atoms with Crippen LogP contribution in [0.5, 0.6) is 0 Å². The fourth-order valence-electron chi connectivity index (χ4n) is 4.18. The molecule has 1 aliphatic carbocycles. The molecule has 0 aliphatic heterocycles. The fourth-order valence-corrected chi connectivity index (χ4v) is 4.18. The lowest BCUT2D eigenvalue weighted by molar-refractivity contribution is -0.144. The van der Waals surface area contributed by atoms with E-state index in [0.717, 1.165) is 27.2 Å². The van der Waals surface area contributed by atoms with Gasteiger partial charge in [0.15, 0.2) is 0 Å². The number of nitrogens with zero attached hydrogens (tertiary/aromatic N) is 1. The number of amides is 2. The molecular formula is C26H28N2O5. The number of benzene rings is 2. The van der Waals surface area contributed by atoms with Crippen LogP contribution in [0.3, 0.4) is 0 Å². The van der Waals surface area contributed by atoms with Crippen molar-refractivity contribution >= 4 is 18.0 Å². The first-order chi connectivity index (χ1) is 15.8. The third kappa shape index (κ3) is 5.72. The number of carboxylic acid groups (broad SMARTS) is 1. The third-order valence-corrected chi connectivity index (χ3v) is 5.56. The molecule has 2 amide bonds. The van der Waals surface area contributed by atoms with Crippen LogP contribution < -0.4 is 5.32 Å². The van der Waals surface area contributed by atoms with Crippen LogP contribution in [0.25, 0.3) is 11.1 Å². The maximum Gasteiger partial charge on any atom is 0.407 e. The van der Waals surface area contributed by atoms with Gasteiger partial charge in [-0.15, -0.1) is 6.42 Å². The molecule has 172 valence electrons. The highest BCUT2D eigenvalue weighted by Crippen LogP contribution is 2.44. The van der Waals surface area contributed by atoms with Crippen LogP contribution in [0.2, 0.25) is 0 Å². The maximum atomic E-state index is 12.9. The Morgan fingerprint density at radius 2 is 1.67 bits per heavy atom. The number of hydrogen-bond donors (Lipinski definition) is 2. The SMILES string of the molecule is C#CCN(CC(=O)O)C(=O)[C@H](CC(C)C)NC(=O)OCC1c2ccccc2-c2ccccc21. The zero-order valence-corrected chi connectivity index (χ0v) is 18.8. The van der Waals surface area contributed by atoms with Crippen molar-refractivity contribution in [2.45, 2.75) is 32.2 Å². The van der Waals surface area contributed by atoms with Gasteiger partial charge < -0.3 is 20.1 Å². The first-order valence-corrected chi connectivity index (χ1v) is 10.9. The summed E-state index contributed by atoms with van der Waals surface area (Å²) in [5.41, 5.74) is 4.41. The van der Waals surface area contributed by atoms with Crippen molar-refractivity contribution in [1.82, 2.24) is 10.2 Å². The van der Waals surface area contributed by atoms with Crippen molar-refractivity contribution in [2.24, 2.45) is 5.92 Å². The van der Waals surface area contributed by atoms with Gasteiger partial charge in [-0.25, -0.2) is 4.79 Å². The van der Waals surface area contributed by atoms with Gasteiger partial charge in [0.05, 0.1) is 6.54 Å². The van der Waals surface area contributed by atoms with E-state index < -0.39 is 30.6 Å². The van der Waals surface area contributed by atoms with Gasteiger partial charge >= 0.3 is 12.1 Å². The minimum absolute atomic E-state index is 0.0744. The second-order valence-corrected chi connectivity index (χ2v) is 8.44. The van der Waals surface area contributed by atoms with Crippen LogP contribution >= 0.6 is 0 Å². The number of terminal acetylenes is 1. The summed E-state index contributed by atoms with van der Waals surface area (Å²) in [6.45, 7) is 3.23. The summed E-state index contributed by atoms with van der Waals surface area (Å²) in [5, 5.41) is 11.7. The molecule has 0 spiro atoms. The van der Waals surface area contributed by atoms with Crippen LogP contribution in [0, 0.1) is 18.3 Å². The summed E-state index contributed by atoms with van der Waals surface area (Å²) in [7, 11) is 0. The number of nitrogens with one attached hydrogen (secondary N) is 1. The summed E-state index contributed by atoms with van der Waals surface area (Å²) in [6, 6.07) is 15.1. The molecular weight excluding hydrogens is 420 g/mol. The minimum Gasteiger partial charge on any atom is -0.480 e. The number of carboxylic acids is 1. The summed E-state index contributed by atoms with van der Waals surface area (Å²) < 4.78 is 5.55. The van der Waals surface area contributed by atoms with E-state index in [0.29, 0.717) is 6.42 Å². The van der Waals surface area contributed by atoms with Crippen molar-refractivity contribution in [3.05, 3.63) is 59.7 Å². The molecule has 1 atom stereocenters. The van der Waals surface area contributed by atoms with E-state index in [4.69, 9.17) is 16.3 Å². The smallest absolute Gasteiger partial charge is 0.407 e. The fraction of sp³-hybridized carbons (Fsp3) is 0.346. The summed E-state index contributed by atoms with van der Waals surface area (Å²) >= 11 is 0. The lowest BCUT2D eigenvalue weighted by atomic mass is 9.98. The average molecular weight is 449 g/mol. The molecule has 0 fully saturated rings. The Kier molecular flexibility index (Phi) is 7.73. The molecule has 33 heavy (non-hydrogen) atoms. The molecule has 3 rings (SSSR count). The molecule has 0 aromatic heterocycles. The molecule has 2 N–H and O–H groups in total. The van der Waals surface area contributed by atoms with E-state index in [1.54, 1.807) is 0 Å². The standard InChI is InChI=1S/C26H28N2O5/c1-4-13-28(15-24(29)30)25(31)23(14-17(2)3)27-26(32)33-16-22-20-11-7-5-9-18(20)19-10-6-8-12-21(19)22/h1,5-12,17,22-23H,13-16H2,2-3H3,(H,27,32)(H,29,30)/t23-/m0/s1. The van der Waals surface area contributed by atoms with Crippen LogP contribution in [0.1, 0.15) is 37.3 Å². The van der Waals surface area contributed by atoms with E-state index in [-0.39, 0.29) is 25.0 Å². The predicted octanol–water partition coefficient (Wildman–Crippen LogP) is 3.49. The molecule has 0 radical (unpaired) electrons. The molecule has 2 aromatic carbocycles. The molecule has 1 aliphatic rings. The average Bonchev–Trinajstić information content (AvgIpc) is 3.09. The number of fused-ring (bicyclic) bond motifs is 3. The lowest BCUT2D eigenvalue weighted by Gasteiger charge is -2.26. The zero-order chi connectivity index (χ0) is 24.0. The number of aliphatic carboxylic acids is 1. The van der Waals surface area contributed by atoms with Gasteiger partial charge in [-0.1, -0.05) is 68.3 Å². The van der Waals surface area contributed by atoms with Gasteiger partial charge in [0.2, 0.25) is 5.91 Å². The number of carbonyl (C=O) groups is 3. The second-order valence-electron chi connectivity index (χ2n) is 8.44. The van der Waals surface area contributed by atoms with E-state index in [1.807, 2.05) is 62.4 Å². The van der Waals surface area contributed by atoms with Crippen molar-refractivity contribution < 1.29 is 24.2 Å². The Bertz CT molecular complexity index is 1030. The maximum absolute atomic E-state index is 12.9. The Labute approximate surface area is 193 Å². The largest absolute Gasteiger partial charge is 0.480 e. The van der Waals surface area contributed by atoms with Gasteiger partial charge in [0, 0.05) is 5.92 Å². The van der Waals surface area contributed by atoms with E-state index in [9.17, 15) is 14.4 Å². The quantitative estimate of drug-likeness (QED) is 0.573. The van der Waals surface area contributed by atoms with Crippen molar-refractivity contribution in [3.8, 4) is 23.5 Å². The van der Waals surface area contributed by atoms with Crippen molar-refractivity contribution in [3.63, 3.8) is 0 Å². The monoisotopic (exact) mass is 448 g/mol. The molecule has 2 aromatic rings. The number of hydrogen-bond acceptors (Lipinski definition) is 4. The van der Waals surface area contributed by atoms with Crippen LogP contribution in [0.15, 0.2) is 48.5 Å². The lowest BCUT2D eigenvalue weighted by Crippen LogP contribution is -2.50. The Morgan fingerprint density at radius 3 is 2.18 bits per heavy atom. The van der Waals surface area contributed by atoms with E-state index >= 15 is 0 Å². The number of rotatable bonds is 9. The van der Waals surface area contributed by atoms with Gasteiger partial charge in [-0.2, -0.15) is 0 Å². The molecule has 0 saturated carbocycles. The number of carbonyl (C=O) groups excluding carboxylic acids is 2. The first kappa shape index (κ1) is 23.9. The van der Waals surface area contributed by atoms with Gasteiger partial charge in [0.1, 0.15) is 19.2 Å². The Morgan fingerprint density at radius 1 is 1.09 bits per heavy atom. The molecule has 0 bridgehead atoms. The molecule has 7 nitrogen and oxygen atoms in total. The van der Waals surface area contributed by atoms with Crippen LogP contribution in [-0.2, 0) is 14.3 Å². The molecule has 0 saturated heterocycles. The number of alkyl carbamates (subject to hydrolysis) is 1.